The number of hydrogen-bond donors (Lipinski definition) is 2. The number of hydrogen-bond acceptors (Lipinski definition) is 10. The van der Waals surface area contributed by atoms with Crippen LogP contribution in [0.1, 0.15) is 76.5 Å². The van der Waals surface area contributed by atoms with Crippen LogP contribution in [0.25, 0.3) is 22.2 Å². The van der Waals surface area contributed by atoms with Crippen molar-refractivity contribution < 1.29 is 45.4 Å². The molecule has 4 aromatic rings. The SMILES string of the molecule is COC(=O)c1ccc(N2CCC(COCC3CCN(c4ccc(-c5cnc6[nH]cc(C(=O)C7=C(F)CC(C)C(NS(=O)(=O)N8CC[C@@H](F)C8)=C7F)c6c5)cc4)CC3)CC2)cc1C=O. The van der Waals surface area contributed by atoms with Gasteiger partial charge in [-0.15, -0.1) is 0 Å². The number of esters is 1. The second-order valence-corrected chi connectivity index (χ2v) is 18.6. The third-order valence-corrected chi connectivity index (χ3v) is 14.3. The molecule has 0 amide bonds. The van der Waals surface area contributed by atoms with E-state index in [2.05, 4.69) is 24.5 Å². The van der Waals surface area contributed by atoms with Crippen LogP contribution >= 0.6 is 0 Å². The molecule has 2 aromatic carbocycles. The van der Waals surface area contributed by atoms with Crippen molar-refractivity contribution in [2.24, 2.45) is 17.8 Å². The Kier molecular flexibility index (Phi) is 13.1. The summed E-state index contributed by atoms with van der Waals surface area (Å²) in [5.74, 6) is -3.76. The van der Waals surface area contributed by atoms with Crippen LogP contribution in [0, 0.1) is 17.8 Å². The summed E-state index contributed by atoms with van der Waals surface area (Å²) >= 11 is 0. The second kappa shape index (κ2) is 18.7. The number of nitrogens with one attached hydrogen (secondary N) is 2. The number of H-pyrrole nitrogens is 1. The Morgan fingerprint density at radius 2 is 1.54 bits per heavy atom. The Labute approximate surface area is 364 Å². The minimum atomic E-state index is -4.33. The molecule has 2 aromatic heterocycles. The first kappa shape index (κ1) is 44.1. The normalized spacial score (nSPS) is 20.8. The molecular weight excluding hydrogens is 838 g/mol. The van der Waals surface area contributed by atoms with E-state index in [1.165, 1.54) is 20.2 Å². The van der Waals surface area contributed by atoms with Gasteiger partial charge >= 0.3 is 16.2 Å². The van der Waals surface area contributed by atoms with E-state index in [9.17, 15) is 27.2 Å². The Morgan fingerprint density at radius 3 is 2.16 bits per heavy atom. The van der Waals surface area contributed by atoms with Gasteiger partial charge in [0.05, 0.1) is 23.9 Å². The smallest absolute Gasteiger partial charge is 0.338 e. The Balaban J connectivity index is 0.839. The quantitative estimate of drug-likeness (QED) is 0.0740. The summed E-state index contributed by atoms with van der Waals surface area (Å²) in [4.78, 5) is 49.4. The molecule has 5 heterocycles. The molecule has 0 saturated carbocycles. The number of aromatic nitrogens is 2. The molecule has 3 fully saturated rings. The zero-order valence-corrected chi connectivity index (χ0v) is 36.1. The molecular formula is C46H51F3N6O7S. The molecule has 13 nitrogen and oxygen atoms in total. The summed E-state index contributed by atoms with van der Waals surface area (Å²) in [7, 11) is -3.03. The van der Waals surface area contributed by atoms with E-state index in [1.807, 2.05) is 30.3 Å². The number of fused-ring (bicyclic) bond motifs is 1. The lowest BCUT2D eigenvalue weighted by atomic mass is 9.89. The number of carbonyl (C=O) groups is 3. The van der Waals surface area contributed by atoms with Crippen molar-refractivity contribution in [1.82, 2.24) is 19.0 Å². The van der Waals surface area contributed by atoms with Crippen molar-refractivity contribution in [1.29, 1.82) is 0 Å². The number of ether oxygens (including phenoxy) is 2. The molecule has 0 spiro atoms. The van der Waals surface area contributed by atoms with Crippen LogP contribution in [-0.2, 0) is 19.7 Å². The minimum absolute atomic E-state index is 0.0130. The van der Waals surface area contributed by atoms with E-state index in [0.717, 1.165) is 79.7 Å². The van der Waals surface area contributed by atoms with Gasteiger partial charge in [0.1, 0.15) is 17.6 Å². The number of anilines is 2. The average molecular weight is 889 g/mol. The first-order chi connectivity index (χ1) is 30.3. The van der Waals surface area contributed by atoms with Gasteiger partial charge in [-0.25, -0.2) is 22.9 Å². The van der Waals surface area contributed by atoms with Gasteiger partial charge in [-0.1, -0.05) is 19.1 Å². The van der Waals surface area contributed by atoms with Crippen LogP contribution in [0.15, 0.2) is 83.8 Å². The summed E-state index contributed by atoms with van der Waals surface area (Å²) in [5, 5.41) is 0.356. The predicted molar refractivity (Wildman–Crippen MR) is 233 cm³/mol. The maximum Gasteiger partial charge on any atom is 0.338 e. The fourth-order valence-electron chi connectivity index (χ4n) is 9.03. The van der Waals surface area contributed by atoms with Crippen molar-refractivity contribution in [3.8, 4) is 11.1 Å². The number of Topliss-reactive ketones (excluding diaryl/α,β-unsaturated/α-hetero) is 1. The molecule has 63 heavy (non-hydrogen) atoms. The third-order valence-electron chi connectivity index (χ3n) is 12.8. The fourth-order valence-corrected chi connectivity index (χ4v) is 10.4. The van der Waals surface area contributed by atoms with Crippen molar-refractivity contribution in [2.45, 2.75) is 51.6 Å². The Hall–Kier alpha value is -5.52. The monoisotopic (exact) mass is 888 g/mol. The lowest BCUT2D eigenvalue weighted by molar-refractivity contribution is 0.0578. The summed E-state index contributed by atoms with van der Waals surface area (Å²) in [6.07, 6.45) is 5.94. The number of rotatable bonds is 14. The number of carbonyl (C=O) groups excluding carboxylic acids is 3. The zero-order chi connectivity index (χ0) is 44.4. The fraction of sp³-hybridized carbons (Fsp3) is 0.435. The minimum Gasteiger partial charge on any atom is -0.465 e. The Bertz CT molecular complexity index is 2550. The van der Waals surface area contributed by atoms with E-state index in [4.69, 9.17) is 9.47 Å². The number of piperidine rings is 2. The number of benzene rings is 2. The van der Waals surface area contributed by atoms with E-state index in [0.29, 0.717) is 46.9 Å². The van der Waals surface area contributed by atoms with Crippen molar-refractivity contribution in [2.75, 3.05) is 69.4 Å². The number of methoxy groups -OCH3 is 1. The highest BCUT2D eigenvalue weighted by atomic mass is 32.2. The van der Waals surface area contributed by atoms with Crippen LogP contribution in [0.3, 0.4) is 0 Å². The first-order valence-corrected chi connectivity index (χ1v) is 22.9. The predicted octanol–water partition coefficient (Wildman–Crippen LogP) is 7.48. The van der Waals surface area contributed by atoms with E-state index in [1.54, 1.807) is 24.4 Å². The van der Waals surface area contributed by atoms with Gasteiger partial charge in [0, 0.05) is 111 Å². The van der Waals surface area contributed by atoms with Crippen LogP contribution in [0.2, 0.25) is 0 Å². The van der Waals surface area contributed by atoms with Gasteiger partial charge in [-0.2, -0.15) is 12.7 Å². The van der Waals surface area contributed by atoms with Crippen molar-refractivity contribution in [3.63, 3.8) is 0 Å². The lowest BCUT2D eigenvalue weighted by Crippen LogP contribution is -2.41. The molecule has 334 valence electrons. The van der Waals surface area contributed by atoms with Crippen molar-refractivity contribution in [3.05, 3.63) is 101 Å². The number of pyridine rings is 1. The van der Waals surface area contributed by atoms with E-state index < -0.39 is 63.4 Å². The summed E-state index contributed by atoms with van der Waals surface area (Å²) in [5.41, 5.74) is 3.16. The molecule has 2 N–H and O–H groups in total. The summed E-state index contributed by atoms with van der Waals surface area (Å²) in [6, 6.07) is 15.0. The molecule has 4 aliphatic rings. The van der Waals surface area contributed by atoms with Gasteiger partial charge in [0.25, 0.3) is 0 Å². The van der Waals surface area contributed by atoms with Gasteiger partial charge in [-0.05, 0) is 85.9 Å². The lowest BCUT2D eigenvalue weighted by Gasteiger charge is -2.35. The second-order valence-electron chi connectivity index (χ2n) is 16.9. The molecule has 17 heteroatoms. The maximum absolute atomic E-state index is 16.0. The standard InChI is InChI=1S/C46H51F3N6O7S/c1-28-19-40(48)41(42(49)43(28)52-63(59,60)55-18-13-34(47)24-55)44(57)39-23-51-45-38(39)21-32(22-50-45)31-3-5-35(6-4-31)53-14-9-29(10-15-53)26-62-27-30-11-16-54(17-12-30)36-7-8-37(46(58)61-2)33(20-36)25-56/h3-8,20-23,25,28-30,34,52H,9-19,24,26-27H2,1-2H3,(H,50,51)/t28?,34-/m1/s1. The molecule has 1 unspecified atom stereocenters. The maximum atomic E-state index is 16.0. The molecule has 2 atom stereocenters. The number of aldehydes is 1. The number of allylic oxidation sites excluding steroid dienone is 4. The highest BCUT2D eigenvalue weighted by Gasteiger charge is 2.38. The third kappa shape index (κ3) is 9.41. The number of alkyl halides is 1. The molecule has 0 bridgehead atoms. The van der Waals surface area contributed by atoms with E-state index in [-0.39, 0.29) is 30.6 Å². The van der Waals surface area contributed by atoms with Crippen molar-refractivity contribution >= 4 is 50.7 Å². The highest BCUT2D eigenvalue weighted by molar-refractivity contribution is 7.87. The highest BCUT2D eigenvalue weighted by Crippen LogP contribution is 2.39. The van der Waals surface area contributed by atoms with Gasteiger partial charge in [0.15, 0.2) is 12.1 Å². The number of ketones is 1. The molecule has 3 saturated heterocycles. The molecule has 8 rings (SSSR count). The largest absolute Gasteiger partial charge is 0.465 e. The van der Waals surface area contributed by atoms with Gasteiger partial charge in [0.2, 0.25) is 5.78 Å². The van der Waals surface area contributed by atoms with Gasteiger partial charge < -0.3 is 24.3 Å². The molecule has 1 aliphatic carbocycles. The molecule has 0 radical (unpaired) electrons. The number of aromatic amines is 1. The Morgan fingerprint density at radius 1 is 0.889 bits per heavy atom. The number of nitrogens with zero attached hydrogens (tertiary/aromatic N) is 4. The summed E-state index contributed by atoms with van der Waals surface area (Å²) in [6.45, 7) is 5.91. The summed E-state index contributed by atoms with van der Waals surface area (Å²) < 4.78 is 85.2. The van der Waals surface area contributed by atoms with Gasteiger partial charge in [-0.3, -0.25) is 14.3 Å². The topological polar surface area (TPSA) is 154 Å². The number of halogens is 3. The van der Waals surface area contributed by atoms with Crippen LogP contribution in [0.4, 0.5) is 24.5 Å². The van der Waals surface area contributed by atoms with Crippen LogP contribution in [-0.4, -0.2) is 106 Å². The first-order valence-electron chi connectivity index (χ1n) is 21.4. The average Bonchev–Trinajstić information content (AvgIpc) is 3.94. The zero-order valence-electron chi connectivity index (χ0n) is 35.2. The van der Waals surface area contributed by atoms with Crippen LogP contribution < -0.4 is 14.5 Å². The van der Waals surface area contributed by atoms with Crippen LogP contribution in [0.5, 0.6) is 0 Å². The van der Waals surface area contributed by atoms with E-state index >= 15 is 8.78 Å². The molecule has 3 aliphatic heterocycles.